The summed E-state index contributed by atoms with van der Waals surface area (Å²) >= 11 is 0. The average molecular weight is 700 g/mol. The summed E-state index contributed by atoms with van der Waals surface area (Å²) < 4.78 is 23.3. The van der Waals surface area contributed by atoms with Gasteiger partial charge in [0.15, 0.2) is 11.5 Å². The van der Waals surface area contributed by atoms with Crippen LogP contribution in [0.25, 0.3) is 22.3 Å². The molecule has 0 saturated heterocycles. The maximum absolute atomic E-state index is 10.5. The number of phenols is 1. The first-order chi connectivity index (χ1) is 26.1. The molecule has 6 rings (SSSR count). The second-order valence-corrected chi connectivity index (χ2v) is 12.0. The van der Waals surface area contributed by atoms with Crippen molar-refractivity contribution < 1.29 is 24.1 Å². The molecule has 0 radical (unpaired) electrons. The summed E-state index contributed by atoms with van der Waals surface area (Å²) in [5.41, 5.74) is 6.98. The SMILES string of the molecule is N#Cc1ccc(-c2ccc(OCCCOc3ccc(N=Cc4ccc(OCCCOc5ccc(-c6ccc(C#N)cc6)cc5)c(O)c4)cc3)cc2)cc1. The van der Waals surface area contributed by atoms with Gasteiger partial charge < -0.3 is 24.1 Å². The Balaban J connectivity index is 0.862. The van der Waals surface area contributed by atoms with Gasteiger partial charge in [0.25, 0.3) is 0 Å². The van der Waals surface area contributed by atoms with E-state index in [1.165, 1.54) is 0 Å². The molecule has 0 aliphatic carbocycles. The molecule has 1 N–H and O–H groups in total. The third-order valence-corrected chi connectivity index (χ3v) is 8.23. The molecule has 0 amide bonds. The van der Waals surface area contributed by atoms with E-state index in [1.807, 2.05) is 115 Å². The fourth-order valence-electron chi connectivity index (χ4n) is 5.35. The molecule has 0 unspecified atom stereocenters. The van der Waals surface area contributed by atoms with Gasteiger partial charge >= 0.3 is 0 Å². The molecule has 0 aliphatic heterocycles. The second-order valence-electron chi connectivity index (χ2n) is 12.0. The largest absolute Gasteiger partial charge is 0.504 e. The van der Waals surface area contributed by atoms with Crippen LogP contribution in [0.1, 0.15) is 29.5 Å². The number of nitrogens with zero attached hydrogens (tertiary/aromatic N) is 3. The van der Waals surface area contributed by atoms with Gasteiger partial charge in [0, 0.05) is 19.1 Å². The fourth-order valence-corrected chi connectivity index (χ4v) is 5.35. The maximum atomic E-state index is 10.5. The maximum Gasteiger partial charge on any atom is 0.160 e. The molecule has 0 aromatic heterocycles. The van der Waals surface area contributed by atoms with Crippen LogP contribution in [0.5, 0.6) is 28.7 Å². The van der Waals surface area contributed by atoms with Crippen molar-refractivity contribution in [3.05, 3.63) is 156 Å². The topological polar surface area (TPSA) is 117 Å². The lowest BCUT2D eigenvalue weighted by Gasteiger charge is -2.10. The molecule has 0 atom stereocenters. The van der Waals surface area contributed by atoms with Crippen LogP contribution in [0.15, 0.2) is 145 Å². The Hall–Kier alpha value is -7.03. The molecule has 6 aromatic carbocycles. The van der Waals surface area contributed by atoms with Crippen LogP contribution in [-0.2, 0) is 0 Å². The van der Waals surface area contributed by atoms with E-state index in [0.29, 0.717) is 49.7 Å². The van der Waals surface area contributed by atoms with Crippen molar-refractivity contribution in [2.75, 3.05) is 26.4 Å². The number of benzene rings is 6. The zero-order valence-corrected chi connectivity index (χ0v) is 29.0. The van der Waals surface area contributed by atoms with Crippen molar-refractivity contribution in [2.24, 2.45) is 4.99 Å². The number of ether oxygens (including phenoxy) is 4. The van der Waals surface area contributed by atoms with Gasteiger partial charge in [-0.3, -0.25) is 4.99 Å². The first-order valence-electron chi connectivity index (χ1n) is 17.3. The van der Waals surface area contributed by atoms with Crippen LogP contribution < -0.4 is 18.9 Å². The minimum Gasteiger partial charge on any atom is -0.504 e. The second kappa shape index (κ2) is 18.3. The number of aliphatic imine (C=N–C) groups is 1. The molecule has 0 aliphatic rings. The molecular formula is C45H37N3O5. The van der Waals surface area contributed by atoms with E-state index in [2.05, 4.69) is 17.1 Å². The lowest BCUT2D eigenvalue weighted by atomic mass is 10.0. The zero-order valence-electron chi connectivity index (χ0n) is 29.0. The van der Waals surface area contributed by atoms with Crippen molar-refractivity contribution in [1.29, 1.82) is 10.5 Å². The number of hydrogen-bond acceptors (Lipinski definition) is 8. The monoisotopic (exact) mass is 699 g/mol. The number of aromatic hydroxyl groups is 1. The molecule has 8 heteroatoms. The van der Waals surface area contributed by atoms with Gasteiger partial charge in [0.1, 0.15) is 17.2 Å². The van der Waals surface area contributed by atoms with Gasteiger partial charge in [-0.25, -0.2) is 0 Å². The summed E-state index contributed by atoms with van der Waals surface area (Å²) in [5, 5.41) is 28.4. The summed E-state index contributed by atoms with van der Waals surface area (Å²) in [4.78, 5) is 4.52. The number of rotatable bonds is 16. The lowest BCUT2D eigenvalue weighted by molar-refractivity contribution is 0.241. The third kappa shape index (κ3) is 10.5. The van der Waals surface area contributed by atoms with Gasteiger partial charge in [0.2, 0.25) is 0 Å². The molecule has 53 heavy (non-hydrogen) atoms. The molecule has 0 fully saturated rings. The van der Waals surface area contributed by atoms with Crippen LogP contribution in [0.2, 0.25) is 0 Å². The molecule has 6 aromatic rings. The quantitative estimate of drug-likeness (QED) is 0.0789. The Morgan fingerprint density at radius 3 is 1.30 bits per heavy atom. The van der Waals surface area contributed by atoms with E-state index >= 15 is 0 Å². The van der Waals surface area contributed by atoms with Crippen LogP contribution in [0.3, 0.4) is 0 Å². The van der Waals surface area contributed by atoms with E-state index < -0.39 is 0 Å². The van der Waals surface area contributed by atoms with E-state index in [4.69, 9.17) is 29.5 Å². The summed E-state index contributed by atoms with van der Waals surface area (Å²) in [6.07, 6.45) is 3.06. The normalized spacial score (nSPS) is 10.7. The van der Waals surface area contributed by atoms with Crippen molar-refractivity contribution >= 4 is 11.9 Å². The van der Waals surface area contributed by atoms with Crippen molar-refractivity contribution in [2.45, 2.75) is 12.8 Å². The summed E-state index contributed by atoms with van der Waals surface area (Å²) in [5.74, 6) is 2.75. The molecule has 0 bridgehead atoms. The van der Waals surface area contributed by atoms with E-state index in [-0.39, 0.29) is 5.75 Å². The molecule has 0 spiro atoms. The molecule has 0 heterocycles. The van der Waals surface area contributed by atoms with Crippen LogP contribution in [-0.4, -0.2) is 37.7 Å². The Morgan fingerprint density at radius 1 is 0.491 bits per heavy atom. The molecule has 8 nitrogen and oxygen atoms in total. The standard InChI is InChI=1S/C45H37N3O5/c46-30-33-3-8-36(9-4-33)38-12-18-41(19-13-38)50-25-1-26-52-43-22-16-40(17-23-43)48-32-35-7-24-45(44(49)29-35)53-28-2-27-51-42-20-14-39(15-21-42)37-10-5-34(31-47)6-11-37/h3-24,29,32,49H,1-2,25-28H2. The van der Waals surface area contributed by atoms with Crippen LogP contribution >= 0.6 is 0 Å². The van der Waals surface area contributed by atoms with Crippen LogP contribution in [0, 0.1) is 22.7 Å². The highest BCUT2D eigenvalue weighted by atomic mass is 16.5. The summed E-state index contributed by atoms with van der Waals surface area (Å²) in [6, 6.07) is 47.7. The third-order valence-electron chi connectivity index (χ3n) is 8.23. The number of nitriles is 2. The smallest absolute Gasteiger partial charge is 0.160 e. The van der Waals surface area contributed by atoms with Crippen molar-refractivity contribution in [3.63, 3.8) is 0 Å². The lowest BCUT2D eigenvalue weighted by Crippen LogP contribution is -2.05. The fraction of sp³-hybridized carbons (Fsp3) is 0.133. The highest BCUT2D eigenvalue weighted by molar-refractivity contribution is 5.83. The number of hydrogen-bond donors (Lipinski definition) is 1. The first-order valence-corrected chi connectivity index (χ1v) is 17.3. The zero-order chi connectivity index (χ0) is 36.7. The van der Waals surface area contributed by atoms with Gasteiger partial charge in [-0.15, -0.1) is 0 Å². The van der Waals surface area contributed by atoms with Gasteiger partial charge in [0.05, 0.1) is 55.4 Å². The Morgan fingerprint density at radius 2 is 0.887 bits per heavy atom. The Bertz CT molecular complexity index is 2180. The van der Waals surface area contributed by atoms with Crippen molar-refractivity contribution in [3.8, 4) is 63.1 Å². The Labute approximate surface area is 309 Å². The van der Waals surface area contributed by atoms with Crippen molar-refractivity contribution in [1.82, 2.24) is 0 Å². The van der Waals surface area contributed by atoms with E-state index in [0.717, 1.165) is 57.2 Å². The number of phenolic OH excluding ortho intramolecular Hbond substituents is 1. The first kappa shape index (κ1) is 35.8. The Kier molecular flexibility index (Phi) is 12.3. The van der Waals surface area contributed by atoms with E-state index in [1.54, 1.807) is 30.5 Å². The molecule has 0 saturated carbocycles. The average Bonchev–Trinajstić information content (AvgIpc) is 3.21. The predicted octanol–water partition coefficient (Wildman–Crippen LogP) is 9.92. The van der Waals surface area contributed by atoms with Gasteiger partial charge in [-0.1, -0.05) is 48.5 Å². The predicted molar refractivity (Wildman–Crippen MR) is 206 cm³/mol. The van der Waals surface area contributed by atoms with Gasteiger partial charge in [-0.05, 0) is 119 Å². The minimum absolute atomic E-state index is 0.0427. The summed E-state index contributed by atoms with van der Waals surface area (Å²) in [6.45, 7) is 1.91. The highest BCUT2D eigenvalue weighted by Gasteiger charge is 2.05. The molecular weight excluding hydrogens is 663 g/mol. The molecule has 262 valence electrons. The van der Waals surface area contributed by atoms with Crippen LogP contribution in [0.4, 0.5) is 5.69 Å². The highest BCUT2D eigenvalue weighted by Crippen LogP contribution is 2.28. The van der Waals surface area contributed by atoms with E-state index in [9.17, 15) is 5.11 Å². The summed E-state index contributed by atoms with van der Waals surface area (Å²) in [7, 11) is 0. The minimum atomic E-state index is 0.0427. The van der Waals surface area contributed by atoms with Gasteiger partial charge in [-0.2, -0.15) is 10.5 Å².